The summed E-state index contributed by atoms with van der Waals surface area (Å²) in [7, 11) is 0. The summed E-state index contributed by atoms with van der Waals surface area (Å²) >= 11 is 0. The van der Waals surface area contributed by atoms with Gasteiger partial charge in [0.2, 0.25) is 5.91 Å². The minimum absolute atomic E-state index is 0.125. The number of carbonyl (C=O) groups is 1. The number of rotatable bonds is 2. The molecular weight excluding hydrogens is 224 g/mol. The van der Waals surface area contributed by atoms with E-state index in [1.54, 1.807) is 0 Å². The van der Waals surface area contributed by atoms with E-state index in [2.05, 4.69) is 37.4 Å². The maximum atomic E-state index is 12.7. The first-order valence-corrected chi connectivity index (χ1v) is 6.80. The molecule has 1 fully saturated rings. The third kappa shape index (κ3) is 1.74. The summed E-state index contributed by atoms with van der Waals surface area (Å²) in [5.74, 6) is 0.927. The number of hydrogen-bond donors (Lipinski definition) is 1. The molecule has 0 spiro atoms. The van der Waals surface area contributed by atoms with Gasteiger partial charge in [-0.05, 0) is 44.0 Å². The summed E-state index contributed by atoms with van der Waals surface area (Å²) in [5.41, 5.74) is 2.42. The topological polar surface area (TPSA) is 32.3 Å². The van der Waals surface area contributed by atoms with Gasteiger partial charge >= 0.3 is 0 Å². The van der Waals surface area contributed by atoms with Crippen LogP contribution in [0.5, 0.6) is 0 Å². The van der Waals surface area contributed by atoms with E-state index < -0.39 is 0 Å². The van der Waals surface area contributed by atoms with Crippen molar-refractivity contribution in [2.24, 2.45) is 11.8 Å². The van der Waals surface area contributed by atoms with Crippen LogP contribution in [0.15, 0.2) is 24.3 Å². The molecule has 2 aliphatic heterocycles. The first kappa shape index (κ1) is 11.7. The van der Waals surface area contributed by atoms with Crippen LogP contribution >= 0.6 is 0 Å². The quantitative estimate of drug-likeness (QED) is 0.860. The molecule has 2 heterocycles. The summed E-state index contributed by atoms with van der Waals surface area (Å²) in [6.45, 7) is 6.18. The van der Waals surface area contributed by atoms with E-state index in [1.807, 2.05) is 11.0 Å². The van der Waals surface area contributed by atoms with Crippen molar-refractivity contribution in [1.82, 2.24) is 5.32 Å². The van der Waals surface area contributed by atoms with Crippen molar-refractivity contribution in [2.75, 3.05) is 18.0 Å². The van der Waals surface area contributed by atoms with E-state index >= 15 is 0 Å². The maximum absolute atomic E-state index is 12.7. The van der Waals surface area contributed by atoms with Crippen LogP contribution in [-0.4, -0.2) is 25.0 Å². The summed E-state index contributed by atoms with van der Waals surface area (Å²) in [6.07, 6.45) is 0.984. The monoisotopic (exact) mass is 244 g/mol. The van der Waals surface area contributed by atoms with Gasteiger partial charge in [0.05, 0.1) is 0 Å². The van der Waals surface area contributed by atoms with Gasteiger partial charge in [-0.3, -0.25) is 4.79 Å². The van der Waals surface area contributed by atoms with Crippen LogP contribution in [0.4, 0.5) is 5.69 Å². The molecule has 1 amide bonds. The first-order chi connectivity index (χ1) is 8.68. The zero-order chi connectivity index (χ0) is 12.7. The Morgan fingerprint density at radius 2 is 2.11 bits per heavy atom. The predicted molar refractivity (Wildman–Crippen MR) is 72.6 cm³/mol. The molecule has 0 aliphatic carbocycles. The lowest BCUT2D eigenvalue weighted by Gasteiger charge is -2.35. The van der Waals surface area contributed by atoms with E-state index in [4.69, 9.17) is 0 Å². The second-order valence-corrected chi connectivity index (χ2v) is 5.60. The Labute approximate surface area is 108 Å². The number of amides is 1. The van der Waals surface area contributed by atoms with E-state index in [0.717, 1.165) is 25.2 Å². The number of anilines is 1. The largest absolute Gasteiger partial charge is 0.316 e. The molecule has 0 aromatic heterocycles. The molecule has 0 bridgehead atoms. The van der Waals surface area contributed by atoms with Gasteiger partial charge in [-0.2, -0.15) is 0 Å². The van der Waals surface area contributed by atoms with Crippen LogP contribution in [0.3, 0.4) is 0 Å². The molecule has 3 nitrogen and oxygen atoms in total. The minimum atomic E-state index is 0.125. The van der Waals surface area contributed by atoms with Crippen LogP contribution in [0.25, 0.3) is 0 Å². The molecular formula is C15H20N2O. The number of para-hydroxylation sites is 1. The highest BCUT2D eigenvalue weighted by Crippen LogP contribution is 2.34. The maximum Gasteiger partial charge on any atom is 0.230 e. The standard InChI is InChI=1S/C15H20N2O/c1-10-7-12-5-3-4-6-14(12)17(10)15(18)11(2)13-8-16-9-13/h3-6,10-11,13,16H,7-9H2,1-2H3. The molecule has 96 valence electrons. The van der Waals surface area contributed by atoms with Crippen molar-refractivity contribution in [1.29, 1.82) is 0 Å². The number of carbonyl (C=O) groups excluding carboxylic acids is 1. The van der Waals surface area contributed by atoms with E-state index in [1.165, 1.54) is 5.56 Å². The average molecular weight is 244 g/mol. The minimum Gasteiger partial charge on any atom is -0.316 e. The number of fused-ring (bicyclic) bond motifs is 1. The van der Waals surface area contributed by atoms with Gasteiger partial charge in [0.15, 0.2) is 0 Å². The lowest BCUT2D eigenvalue weighted by atomic mass is 9.87. The molecule has 0 radical (unpaired) electrons. The molecule has 1 N–H and O–H groups in total. The second kappa shape index (κ2) is 4.39. The fourth-order valence-electron chi connectivity index (χ4n) is 2.99. The Hall–Kier alpha value is -1.35. The Bertz CT molecular complexity index is 467. The Kier molecular flexibility index (Phi) is 2.86. The molecule has 1 aromatic rings. The van der Waals surface area contributed by atoms with Gasteiger partial charge in [0.1, 0.15) is 0 Å². The van der Waals surface area contributed by atoms with Crippen LogP contribution in [0, 0.1) is 11.8 Å². The van der Waals surface area contributed by atoms with Gasteiger partial charge in [0, 0.05) is 17.6 Å². The van der Waals surface area contributed by atoms with Crippen LogP contribution in [0.2, 0.25) is 0 Å². The normalized spacial score (nSPS) is 24.6. The molecule has 2 atom stereocenters. The predicted octanol–water partition coefficient (Wildman–Crippen LogP) is 1.82. The third-order valence-electron chi connectivity index (χ3n) is 4.35. The second-order valence-electron chi connectivity index (χ2n) is 5.60. The molecule has 3 heteroatoms. The zero-order valence-corrected chi connectivity index (χ0v) is 11.0. The lowest BCUT2D eigenvalue weighted by Crippen LogP contribution is -2.51. The average Bonchev–Trinajstić information content (AvgIpc) is 2.61. The summed E-state index contributed by atoms with van der Waals surface area (Å²) in [4.78, 5) is 14.7. The van der Waals surface area contributed by atoms with Gasteiger partial charge in [-0.15, -0.1) is 0 Å². The fourth-order valence-corrected chi connectivity index (χ4v) is 2.99. The first-order valence-electron chi connectivity index (χ1n) is 6.80. The van der Waals surface area contributed by atoms with Gasteiger partial charge in [-0.1, -0.05) is 25.1 Å². The van der Waals surface area contributed by atoms with Crippen LogP contribution in [0.1, 0.15) is 19.4 Å². The summed E-state index contributed by atoms with van der Waals surface area (Å²) in [6, 6.07) is 8.58. The molecule has 0 saturated carbocycles. The number of hydrogen-bond acceptors (Lipinski definition) is 2. The SMILES string of the molecule is CC(C(=O)N1c2ccccc2CC1C)C1CNC1. The Balaban J connectivity index is 1.85. The molecule has 18 heavy (non-hydrogen) atoms. The van der Waals surface area contributed by atoms with E-state index in [9.17, 15) is 4.79 Å². The Morgan fingerprint density at radius 3 is 2.78 bits per heavy atom. The molecule has 2 aliphatic rings. The highest BCUT2D eigenvalue weighted by Gasteiger charge is 2.37. The smallest absolute Gasteiger partial charge is 0.230 e. The van der Waals surface area contributed by atoms with Crippen LogP contribution in [-0.2, 0) is 11.2 Å². The van der Waals surface area contributed by atoms with Crippen molar-refractivity contribution >= 4 is 11.6 Å². The highest BCUT2D eigenvalue weighted by molar-refractivity contribution is 5.97. The van der Waals surface area contributed by atoms with E-state index in [-0.39, 0.29) is 5.92 Å². The van der Waals surface area contributed by atoms with Gasteiger partial charge in [-0.25, -0.2) is 0 Å². The molecule has 1 saturated heterocycles. The summed E-state index contributed by atoms with van der Waals surface area (Å²) in [5, 5.41) is 3.25. The zero-order valence-electron chi connectivity index (χ0n) is 11.0. The van der Waals surface area contributed by atoms with Gasteiger partial charge < -0.3 is 10.2 Å². The van der Waals surface area contributed by atoms with Crippen molar-refractivity contribution < 1.29 is 4.79 Å². The lowest BCUT2D eigenvalue weighted by molar-refractivity contribution is -0.124. The third-order valence-corrected chi connectivity index (χ3v) is 4.35. The van der Waals surface area contributed by atoms with Crippen molar-refractivity contribution in [3.05, 3.63) is 29.8 Å². The van der Waals surface area contributed by atoms with Crippen molar-refractivity contribution in [3.8, 4) is 0 Å². The number of nitrogens with one attached hydrogen (secondary N) is 1. The Morgan fingerprint density at radius 1 is 1.39 bits per heavy atom. The number of benzene rings is 1. The molecule has 2 unspecified atom stereocenters. The van der Waals surface area contributed by atoms with Crippen LogP contribution < -0.4 is 10.2 Å². The highest BCUT2D eigenvalue weighted by atomic mass is 16.2. The van der Waals surface area contributed by atoms with E-state index in [0.29, 0.717) is 17.9 Å². The fraction of sp³-hybridized carbons (Fsp3) is 0.533. The van der Waals surface area contributed by atoms with Crippen molar-refractivity contribution in [3.63, 3.8) is 0 Å². The number of nitrogens with zero attached hydrogens (tertiary/aromatic N) is 1. The molecule has 1 aromatic carbocycles. The van der Waals surface area contributed by atoms with Crippen molar-refractivity contribution in [2.45, 2.75) is 26.3 Å². The summed E-state index contributed by atoms with van der Waals surface area (Å²) < 4.78 is 0. The molecule has 3 rings (SSSR count). The van der Waals surface area contributed by atoms with Gasteiger partial charge in [0.25, 0.3) is 0 Å².